The van der Waals surface area contributed by atoms with Gasteiger partial charge in [-0.2, -0.15) is 0 Å². The highest BCUT2D eigenvalue weighted by Crippen LogP contribution is 2.26. The molecule has 0 fully saturated rings. The van der Waals surface area contributed by atoms with Gasteiger partial charge in [0.2, 0.25) is 0 Å². The van der Waals surface area contributed by atoms with E-state index in [2.05, 4.69) is 10.3 Å². The summed E-state index contributed by atoms with van der Waals surface area (Å²) in [6.07, 6.45) is 1.56. The van der Waals surface area contributed by atoms with Crippen LogP contribution in [-0.4, -0.2) is 16.9 Å². The zero-order chi connectivity index (χ0) is 18.4. The average molecular weight is 346 g/mol. The fourth-order valence-corrected chi connectivity index (χ4v) is 2.51. The molecule has 26 heavy (non-hydrogen) atoms. The van der Waals surface area contributed by atoms with E-state index in [4.69, 9.17) is 4.74 Å². The van der Waals surface area contributed by atoms with Crippen LogP contribution in [0.25, 0.3) is 11.1 Å². The second-order valence-corrected chi connectivity index (χ2v) is 5.69. The number of hydrogen-bond donors (Lipinski definition) is 1. The molecule has 0 atom stereocenters. The molecule has 1 N–H and O–H groups in total. The Labute approximate surface area is 151 Å². The SMILES string of the molecule is CC(=O)OCc1cc(-c2ccccc2)ccc1NC(=O)c1ccccn1. The van der Waals surface area contributed by atoms with Gasteiger partial charge >= 0.3 is 5.97 Å². The molecule has 0 aliphatic heterocycles. The summed E-state index contributed by atoms with van der Waals surface area (Å²) >= 11 is 0. The predicted octanol–water partition coefficient (Wildman–Crippen LogP) is 4.06. The minimum absolute atomic E-state index is 0.0772. The molecule has 0 spiro atoms. The van der Waals surface area contributed by atoms with E-state index in [0.29, 0.717) is 16.9 Å². The minimum atomic E-state index is -0.378. The monoisotopic (exact) mass is 346 g/mol. The maximum absolute atomic E-state index is 12.4. The van der Waals surface area contributed by atoms with Gasteiger partial charge < -0.3 is 10.1 Å². The van der Waals surface area contributed by atoms with Crippen LogP contribution in [0.4, 0.5) is 5.69 Å². The Hall–Kier alpha value is -3.47. The number of benzene rings is 2. The predicted molar refractivity (Wildman–Crippen MR) is 99.5 cm³/mol. The molecule has 0 bridgehead atoms. The first-order chi connectivity index (χ1) is 12.6. The standard InChI is InChI=1S/C21H18N2O3/c1-15(24)26-14-18-13-17(16-7-3-2-4-8-16)10-11-19(18)23-21(25)20-9-5-6-12-22-20/h2-13H,14H2,1H3,(H,23,25). The van der Waals surface area contributed by atoms with Gasteiger partial charge in [-0.15, -0.1) is 0 Å². The summed E-state index contributed by atoms with van der Waals surface area (Å²) in [5, 5.41) is 2.84. The van der Waals surface area contributed by atoms with E-state index in [-0.39, 0.29) is 18.5 Å². The van der Waals surface area contributed by atoms with Gasteiger partial charge in [0.05, 0.1) is 0 Å². The minimum Gasteiger partial charge on any atom is -0.461 e. The molecule has 0 unspecified atom stereocenters. The summed E-state index contributed by atoms with van der Waals surface area (Å²) < 4.78 is 5.14. The molecule has 130 valence electrons. The summed E-state index contributed by atoms with van der Waals surface area (Å²) in [7, 11) is 0. The lowest BCUT2D eigenvalue weighted by atomic mass is 10.0. The molecule has 0 radical (unpaired) electrons. The maximum atomic E-state index is 12.4. The number of anilines is 1. The summed E-state index contributed by atoms with van der Waals surface area (Å²) in [5.41, 5.74) is 3.63. The van der Waals surface area contributed by atoms with E-state index >= 15 is 0 Å². The Morgan fingerprint density at radius 1 is 0.962 bits per heavy atom. The van der Waals surface area contributed by atoms with Gasteiger partial charge in [-0.3, -0.25) is 14.6 Å². The molecule has 3 rings (SSSR count). The number of esters is 1. The first kappa shape index (κ1) is 17.4. The highest BCUT2D eigenvalue weighted by atomic mass is 16.5. The molecular weight excluding hydrogens is 328 g/mol. The van der Waals surface area contributed by atoms with E-state index in [1.54, 1.807) is 24.4 Å². The van der Waals surface area contributed by atoms with Crippen LogP contribution in [0.3, 0.4) is 0 Å². The van der Waals surface area contributed by atoms with Gasteiger partial charge in [0.15, 0.2) is 0 Å². The third-order valence-corrected chi connectivity index (χ3v) is 3.79. The molecule has 1 heterocycles. The molecule has 0 saturated heterocycles. The van der Waals surface area contributed by atoms with Gasteiger partial charge in [-0.05, 0) is 35.4 Å². The van der Waals surface area contributed by atoms with E-state index in [0.717, 1.165) is 11.1 Å². The van der Waals surface area contributed by atoms with Crippen molar-refractivity contribution in [3.63, 3.8) is 0 Å². The Morgan fingerprint density at radius 3 is 2.42 bits per heavy atom. The van der Waals surface area contributed by atoms with Crippen LogP contribution >= 0.6 is 0 Å². The Bertz CT molecular complexity index is 909. The third kappa shape index (κ3) is 4.33. The van der Waals surface area contributed by atoms with Crippen molar-refractivity contribution in [3.8, 4) is 11.1 Å². The van der Waals surface area contributed by atoms with E-state index < -0.39 is 0 Å². The smallest absolute Gasteiger partial charge is 0.302 e. The van der Waals surface area contributed by atoms with Gasteiger partial charge in [0, 0.05) is 24.4 Å². The molecular formula is C21H18N2O3. The summed E-state index contributed by atoms with van der Waals surface area (Å²) in [6, 6.07) is 20.6. The molecule has 0 aliphatic rings. The van der Waals surface area contributed by atoms with Crippen LogP contribution in [-0.2, 0) is 16.1 Å². The van der Waals surface area contributed by atoms with Crippen LogP contribution < -0.4 is 5.32 Å². The highest BCUT2D eigenvalue weighted by Gasteiger charge is 2.12. The number of carbonyl (C=O) groups excluding carboxylic acids is 2. The topological polar surface area (TPSA) is 68.3 Å². The number of aromatic nitrogens is 1. The number of amides is 1. The fourth-order valence-electron chi connectivity index (χ4n) is 2.51. The van der Waals surface area contributed by atoms with Crippen molar-refractivity contribution in [1.29, 1.82) is 0 Å². The van der Waals surface area contributed by atoms with E-state index in [1.807, 2.05) is 48.5 Å². The summed E-state index contributed by atoms with van der Waals surface area (Å²) in [5.74, 6) is -0.695. The zero-order valence-corrected chi connectivity index (χ0v) is 14.3. The van der Waals surface area contributed by atoms with Gasteiger partial charge in [0.1, 0.15) is 12.3 Å². The van der Waals surface area contributed by atoms with Crippen LogP contribution in [0.2, 0.25) is 0 Å². The van der Waals surface area contributed by atoms with Crippen molar-refractivity contribution in [3.05, 3.63) is 84.2 Å². The van der Waals surface area contributed by atoms with E-state index in [1.165, 1.54) is 6.92 Å². The number of ether oxygens (including phenoxy) is 1. The van der Waals surface area contributed by atoms with Gasteiger partial charge in [0.25, 0.3) is 5.91 Å². The number of hydrogen-bond acceptors (Lipinski definition) is 4. The first-order valence-electron chi connectivity index (χ1n) is 8.17. The molecule has 0 saturated carbocycles. The van der Waals surface area contributed by atoms with Crippen molar-refractivity contribution >= 4 is 17.6 Å². The maximum Gasteiger partial charge on any atom is 0.302 e. The van der Waals surface area contributed by atoms with Crippen molar-refractivity contribution < 1.29 is 14.3 Å². The zero-order valence-electron chi connectivity index (χ0n) is 14.3. The van der Waals surface area contributed by atoms with Crippen LogP contribution in [0.5, 0.6) is 0 Å². The Kier molecular flexibility index (Phi) is 5.39. The van der Waals surface area contributed by atoms with Crippen LogP contribution in [0, 0.1) is 0 Å². The molecule has 1 amide bonds. The summed E-state index contributed by atoms with van der Waals surface area (Å²) in [4.78, 5) is 27.6. The van der Waals surface area contributed by atoms with Crippen molar-refractivity contribution in [2.45, 2.75) is 13.5 Å². The van der Waals surface area contributed by atoms with Crippen LogP contribution in [0.15, 0.2) is 72.9 Å². The second-order valence-electron chi connectivity index (χ2n) is 5.69. The highest BCUT2D eigenvalue weighted by molar-refractivity contribution is 6.03. The second kappa shape index (κ2) is 8.07. The number of nitrogens with one attached hydrogen (secondary N) is 1. The molecule has 5 nitrogen and oxygen atoms in total. The molecule has 1 aromatic heterocycles. The molecule has 2 aromatic carbocycles. The number of nitrogens with zero attached hydrogens (tertiary/aromatic N) is 1. The fraction of sp³-hybridized carbons (Fsp3) is 0.0952. The quantitative estimate of drug-likeness (QED) is 0.707. The third-order valence-electron chi connectivity index (χ3n) is 3.79. The molecule has 3 aromatic rings. The molecule has 0 aliphatic carbocycles. The summed E-state index contributed by atoms with van der Waals surface area (Å²) in [6.45, 7) is 1.43. The van der Waals surface area contributed by atoms with Crippen molar-refractivity contribution in [1.82, 2.24) is 4.98 Å². The lowest BCUT2D eigenvalue weighted by Crippen LogP contribution is -2.15. The first-order valence-corrected chi connectivity index (χ1v) is 8.17. The Balaban J connectivity index is 1.90. The van der Waals surface area contributed by atoms with Gasteiger partial charge in [-0.1, -0.05) is 42.5 Å². The number of pyridine rings is 1. The average Bonchev–Trinajstić information content (AvgIpc) is 2.68. The van der Waals surface area contributed by atoms with Crippen molar-refractivity contribution in [2.24, 2.45) is 0 Å². The normalized spacial score (nSPS) is 10.2. The van der Waals surface area contributed by atoms with Crippen molar-refractivity contribution in [2.75, 3.05) is 5.32 Å². The Morgan fingerprint density at radius 2 is 1.73 bits per heavy atom. The van der Waals surface area contributed by atoms with E-state index in [9.17, 15) is 9.59 Å². The number of carbonyl (C=O) groups is 2. The van der Waals surface area contributed by atoms with Gasteiger partial charge in [-0.25, -0.2) is 0 Å². The molecule has 5 heteroatoms. The lowest BCUT2D eigenvalue weighted by Gasteiger charge is -2.13. The largest absolute Gasteiger partial charge is 0.461 e. The van der Waals surface area contributed by atoms with Crippen LogP contribution in [0.1, 0.15) is 23.0 Å². The lowest BCUT2D eigenvalue weighted by molar-refractivity contribution is -0.142. The number of rotatable bonds is 5.